The first-order valence-electron chi connectivity index (χ1n) is 4.70. The molecular formula is C10H13N5. The number of aryl methyl sites for hydroxylation is 3. The summed E-state index contributed by atoms with van der Waals surface area (Å²) < 4.78 is 1.64. The Bertz CT molecular complexity index is 481. The first-order valence-corrected chi connectivity index (χ1v) is 4.70. The molecule has 0 fully saturated rings. The summed E-state index contributed by atoms with van der Waals surface area (Å²) >= 11 is 0. The predicted octanol–water partition coefficient (Wildman–Crippen LogP) is 1.17. The van der Waals surface area contributed by atoms with E-state index in [0.29, 0.717) is 11.6 Å². The van der Waals surface area contributed by atoms with Crippen LogP contribution in [0.4, 0.5) is 5.82 Å². The Kier molecular flexibility index (Phi) is 2.15. The third-order valence-corrected chi connectivity index (χ3v) is 2.35. The van der Waals surface area contributed by atoms with Gasteiger partial charge < -0.3 is 5.73 Å². The molecule has 0 radical (unpaired) electrons. The SMILES string of the molecule is Cc1cn(-c2cnc(C)c(C)n2)nc1N. The second kappa shape index (κ2) is 3.34. The Morgan fingerprint density at radius 1 is 1.20 bits per heavy atom. The lowest BCUT2D eigenvalue weighted by Crippen LogP contribution is -2.02. The van der Waals surface area contributed by atoms with Gasteiger partial charge in [-0.05, 0) is 20.8 Å². The molecule has 0 spiro atoms. The normalized spacial score (nSPS) is 10.6. The zero-order valence-corrected chi connectivity index (χ0v) is 9.02. The average Bonchev–Trinajstić information content (AvgIpc) is 2.52. The summed E-state index contributed by atoms with van der Waals surface area (Å²) in [6, 6.07) is 0. The third kappa shape index (κ3) is 1.68. The molecule has 0 atom stereocenters. The van der Waals surface area contributed by atoms with E-state index in [9.17, 15) is 0 Å². The number of nitrogens with zero attached hydrogens (tertiary/aromatic N) is 4. The maximum absolute atomic E-state index is 5.67. The maximum Gasteiger partial charge on any atom is 0.172 e. The lowest BCUT2D eigenvalue weighted by molar-refractivity contribution is 0.827. The number of nitrogen functional groups attached to an aromatic ring is 1. The molecule has 78 valence electrons. The van der Waals surface area contributed by atoms with Crippen LogP contribution in [0, 0.1) is 20.8 Å². The highest BCUT2D eigenvalue weighted by Crippen LogP contribution is 2.11. The first-order chi connectivity index (χ1) is 7.08. The molecule has 0 aliphatic carbocycles. The molecule has 5 heteroatoms. The molecule has 0 aliphatic heterocycles. The first kappa shape index (κ1) is 9.64. The Balaban J connectivity index is 2.49. The van der Waals surface area contributed by atoms with Gasteiger partial charge in [0.15, 0.2) is 5.82 Å². The highest BCUT2D eigenvalue weighted by Gasteiger charge is 2.05. The van der Waals surface area contributed by atoms with Crippen molar-refractivity contribution in [2.75, 3.05) is 5.73 Å². The van der Waals surface area contributed by atoms with Crippen LogP contribution >= 0.6 is 0 Å². The molecule has 5 nitrogen and oxygen atoms in total. The molecular weight excluding hydrogens is 190 g/mol. The lowest BCUT2D eigenvalue weighted by Gasteiger charge is -2.02. The van der Waals surface area contributed by atoms with Crippen molar-refractivity contribution in [3.05, 3.63) is 29.3 Å². The van der Waals surface area contributed by atoms with Crippen LogP contribution in [-0.2, 0) is 0 Å². The third-order valence-electron chi connectivity index (χ3n) is 2.35. The van der Waals surface area contributed by atoms with Gasteiger partial charge in [-0.25, -0.2) is 9.67 Å². The van der Waals surface area contributed by atoms with E-state index in [1.165, 1.54) is 0 Å². The van der Waals surface area contributed by atoms with Gasteiger partial charge in [-0.3, -0.25) is 4.98 Å². The van der Waals surface area contributed by atoms with Crippen molar-refractivity contribution in [2.24, 2.45) is 0 Å². The van der Waals surface area contributed by atoms with Gasteiger partial charge in [-0.15, -0.1) is 5.10 Å². The highest BCUT2D eigenvalue weighted by molar-refractivity contribution is 5.38. The predicted molar refractivity (Wildman–Crippen MR) is 57.8 cm³/mol. The highest BCUT2D eigenvalue weighted by atomic mass is 15.3. The number of hydrogen-bond donors (Lipinski definition) is 1. The van der Waals surface area contributed by atoms with Gasteiger partial charge in [-0.1, -0.05) is 0 Å². The largest absolute Gasteiger partial charge is 0.382 e. The van der Waals surface area contributed by atoms with Crippen LogP contribution < -0.4 is 5.73 Å². The van der Waals surface area contributed by atoms with Crippen molar-refractivity contribution < 1.29 is 0 Å². The molecule has 2 aromatic heterocycles. The molecule has 0 saturated heterocycles. The summed E-state index contributed by atoms with van der Waals surface area (Å²) in [5.41, 5.74) is 8.43. The van der Waals surface area contributed by atoms with Crippen LogP contribution in [0.3, 0.4) is 0 Å². The van der Waals surface area contributed by atoms with E-state index >= 15 is 0 Å². The topological polar surface area (TPSA) is 69.6 Å². The van der Waals surface area contributed by atoms with Crippen molar-refractivity contribution >= 4 is 5.82 Å². The van der Waals surface area contributed by atoms with Crippen molar-refractivity contribution in [1.82, 2.24) is 19.7 Å². The van der Waals surface area contributed by atoms with Gasteiger partial charge in [0.2, 0.25) is 0 Å². The maximum atomic E-state index is 5.67. The van der Waals surface area contributed by atoms with Gasteiger partial charge in [0.25, 0.3) is 0 Å². The Labute approximate surface area is 88.0 Å². The molecule has 0 unspecified atom stereocenters. The fourth-order valence-corrected chi connectivity index (χ4v) is 1.23. The van der Waals surface area contributed by atoms with Gasteiger partial charge in [-0.2, -0.15) is 0 Å². The van der Waals surface area contributed by atoms with E-state index in [0.717, 1.165) is 17.0 Å². The number of aromatic nitrogens is 4. The van der Waals surface area contributed by atoms with E-state index in [-0.39, 0.29) is 0 Å². The van der Waals surface area contributed by atoms with Crippen LogP contribution in [0.2, 0.25) is 0 Å². The van der Waals surface area contributed by atoms with E-state index in [2.05, 4.69) is 15.1 Å². The van der Waals surface area contributed by atoms with Crippen LogP contribution in [0.25, 0.3) is 5.82 Å². The standard InChI is InChI=1S/C10H13N5/c1-6-5-15(14-10(6)11)9-4-12-7(2)8(3)13-9/h4-5H,1-3H3,(H2,11,14). The molecule has 2 rings (SSSR count). The lowest BCUT2D eigenvalue weighted by atomic mass is 10.3. The minimum Gasteiger partial charge on any atom is -0.382 e. The molecule has 0 bridgehead atoms. The summed E-state index contributed by atoms with van der Waals surface area (Å²) in [6.07, 6.45) is 3.53. The summed E-state index contributed by atoms with van der Waals surface area (Å²) in [4.78, 5) is 8.61. The quantitative estimate of drug-likeness (QED) is 0.755. The van der Waals surface area contributed by atoms with Crippen LogP contribution in [0.5, 0.6) is 0 Å². The van der Waals surface area contributed by atoms with Gasteiger partial charge in [0.1, 0.15) is 5.82 Å². The van der Waals surface area contributed by atoms with E-state index in [4.69, 9.17) is 5.73 Å². The van der Waals surface area contributed by atoms with Gasteiger partial charge in [0, 0.05) is 11.8 Å². The van der Waals surface area contributed by atoms with Crippen molar-refractivity contribution in [2.45, 2.75) is 20.8 Å². The second-order valence-electron chi connectivity index (χ2n) is 3.54. The number of rotatable bonds is 1. The molecule has 0 aromatic carbocycles. The number of nitrogens with two attached hydrogens (primary N) is 1. The van der Waals surface area contributed by atoms with Crippen molar-refractivity contribution in [3.8, 4) is 5.82 Å². The summed E-state index contributed by atoms with van der Waals surface area (Å²) in [7, 11) is 0. The second-order valence-corrected chi connectivity index (χ2v) is 3.54. The fraction of sp³-hybridized carbons (Fsp3) is 0.300. The van der Waals surface area contributed by atoms with Gasteiger partial charge in [0.05, 0.1) is 17.6 Å². The molecule has 2 heterocycles. The summed E-state index contributed by atoms with van der Waals surface area (Å²) in [6.45, 7) is 5.76. The Morgan fingerprint density at radius 3 is 2.47 bits per heavy atom. The number of hydrogen-bond acceptors (Lipinski definition) is 4. The smallest absolute Gasteiger partial charge is 0.172 e. The molecule has 0 amide bonds. The molecule has 15 heavy (non-hydrogen) atoms. The van der Waals surface area contributed by atoms with Crippen LogP contribution in [0.1, 0.15) is 17.0 Å². The Hall–Kier alpha value is -1.91. The van der Waals surface area contributed by atoms with Gasteiger partial charge >= 0.3 is 0 Å². The fourth-order valence-electron chi connectivity index (χ4n) is 1.23. The zero-order chi connectivity index (χ0) is 11.0. The molecule has 0 saturated carbocycles. The zero-order valence-electron chi connectivity index (χ0n) is 9.02. The average molecular weight is 203 g/mol. The van der Waals surface area contributed by atoms with Crippen LogP contribution in [-0.4, -0.2) is 19.7 Å². The molecule has 0 aliphatic rings. The minimum absolute atomic E-state index is 0.523. The van der Waals surface area contributed by atoms with Crippen molar-refractivity contribution in [3.63, 3.8) is 0 Å². The monoisotopic (exact) mass is 203 g/mol. The number of anilines is 1. The van der Waals surface area contributed by atoms with Crippen LogP contribution in [0.15, 0.2) is 12.4 Å². The van der Waals surface area contributed by atoms with Crippen molar-refractivity contribution in [1.29, 1.82) is 0 Å². The van der Waals surface area contributed by atoms with E-state index in [1.54, 1.807) is 10.9 Å². The molecule has 2 N–H and O–H groups in total. The minimum atomic E-state index is 0.523. The Morgan fingerprint density at radius 2 is 1.93 bits per heavy atom. The summed E-state index contributed by atoms with van der Waals surface area (Å²) in [5, 5.41) is 4.14. The van der Waals surface area contributed by atoms with E-state index < -0.39 is 0 Å². The molecule has 2 aromatic rings. The summed E-state index contributed by atoms with van der Waals surface area (Å²) in [5.74, 6) is 1.22. The van der Waals surface area contributed by atoms with E-state index in [1.807, 2.05) is 27.0 Å².